The summed E-state index contributed by atoms with van der Waals surface area (Å²) in [7, 11) is 1.70. The van der Waals surface area contributed by atoms with Gasteiger partial charge in [0.25, 0.3) is 0 Å². The molecule has 5 rings (SSSR count). The summed E-state index contributed by atoms with van der Waals surface area (Å²) < 4.78 is 39.2. The molecule has 0 aliphatic carbocycles. The largest absolute Gasteiger partial charge is 0.586 e. The van der Waals surface area contributed by atoms with E-state index in [1.807, 2.05) is 48.9 Å². The van der Waals surface area contributed by atoms with E-state index in [1.54, 1.807) is 11.6 Å². The number of anilines is 1. The van der Waals surface area contributed by atoms with Gasteiger partial charge in [0.1, 0.15) is 0 Å². The number of aryl methyl sites for hydroxylation is 3. The Bertz CT molecular complexity index is 1360. The molecule has 8 nitrogen and oxygen atoms in total. The Morgan fingerprint density at radius 3 is 2.56 bits per heavy atom. The second kappa shape index (κ2) is 7.04. The first-order chi connectivity index (χ1) is 15.2. The van der Waals surface area contributed by atoms with Crippen LogP contribution < -0.4 is 14.4 Å². The normalized spacial score (nSPS) is 14.2. The number of carbonyl (C=O) groups excluding carboxylic acids is 1. The summed E-state index contributed by atoms with van der Waals surface area (Å²) in [5, 5.41) is 4.50. The van der Waals surface area contributed by atoms with Crippen LogP contribution in [0.2, 0.25) is 0 Å². The van der Waals surface area contributed by atoms with Crippen molar-refractivity contribution in [3.63, 3.8) is 0 Å². The summed E-state index contributed by atoms with van der Waals surface area (Å²) >= 11 is 0. The third-order valence-corrected chi connectivity index (χ3v) is 5.28. The van der Waals surface area contributed by atoms with Crippen LogP contribution in [0, 0.1) is 13.8 Å². The van der Waals surface area contributed by atoms with E-state index in [-0.39, 0.29) is 18.0 Å². The number of fused-ring (bicyclic) bond motifs is 2. The highest BCUT2D eigenvalue weighted by Crippen LogP contribution is 2.43. The number of benzene rings is 2. The number of halogens is 2. The molecule has 1 aliphatic heterocycles. The van der Waals surface area contributed by atoms with Gasteiger partial charge < -0.3 is 14.0 Å². The number of nitrogens with zero attached hydrogens (tertiary/aromatic N) is 5. The van der Waals surface area contributed by atoms with Crippen LogP contribution in [-0.2, 0) is 18.4 Å². The predicted octanol–water partition coefficient (Wildman–Crippen LogP) is 3.86. The van der Waals surface area contributed by atoms with Gasteiger partial charge in [-0.1, -0.05) is 12.1 Å². The molecule has 0 bridgehead atoms. The zero-order valence-electron chi connectivity index (χ0n) is 17.5. The Morgan fingerprint density at radius 2 is 1.88 bits per heavy atom. The Labute approximate surface area is 181 Å². The monoisotopic (exact) mass is 439 g/mol. The lowest BCUT2D eigenvalue weighted by molar-refractivity contribution is -0.286. The van der Waals surface area contributed by atoms with Crippen LogP contribution in [0.15, 0.2) is 42.5 Å². The molecule has 164 valence electrons. The van der Waals surface area contributed by atoms with Crippen LogP contribution in [0.4, 0.5) is 14.7 Å². The lowest BCUT2D eigenvalue weighted by Gasteiger charge is -2.17. The Balaban J connectivity index is 1.47. The van der Waals surface area contributed by atoms with E-state index in [9.17, 15) is 13.6 Å². The summed E-state index contributed by atoms with van der Waals surface area (Å²) in [5.41, 5.74) is 4.62. The maximum atomic E-state index is 13.3. The van der Waals surface area contributed by atoms with Crippen molar-refractivity contribution in [1.29, 1.82) is 0 Å². The molecule has 4 aromatic rings. The molecule has 0 fully saturated rings. The van der Waals surface area contributed by atoms with Crippen molar-refractivity contribution in [3.8, 4) is 17.2 Å². The average molecular weight is 439 g/mol. The summed E-state index contributed by atoms with van der Waals surface area (Å²) in [6.45, 7) is 4.17. The van der Waals surface area contributed by atoms with Gasteiger partial charge in [0, 0.05) is 24.9 Å². The number of rotatable bonds is 5. The van der Waals surface area contributed by atoms with Crippen molar-refractivity contribution in [2.45, 2.75) is 26.7 Å². The van der Waals surface area contributed by atoms with Crippen LogP contribution in [0.25, 0.3) is 16.7 Å². The van der Waals surface area contributed by atoms with E-state index in [4.69, 9.17) is 0 Å². The summed E-state index contributed by atoms with van der Waals surface area (Å²) in [6.07, 6.45) is -3.01. The van der Waals surface area contributed by atoms with Crippen molar-refractivity contribution in [2.24, 2.45) is 7.05 Å². The van der Waals surface area contributed by atoms with E-state index in [2.05, 4.69) is 19.6 Å². The number of carbonyl (C=O) groups is 1. The van der Waals surface area contributed by atoms with Gasteiger partial charge in [0.05, 0.1) is 29.0 Å². The third kappa shape index (κ3) is 3.33. The van der Waals surface area contributed by atoms with Gasteiger partial charge >= 0.3 is 6.29 Å². The first-order valence-corrected chi connectivity index (χ1v) is 9.85. The molecule has 3 heterocycles. The highest BCUT2D eigenvalue weighted by atomic mass is 19.3. The quantitative estimate of drug-likeness (QED) is 0.442. The molecule has 0 radical (unpaired) electrons. The molecule has 10 heteroatoms. The van der Waals surface area contributed by atoms with Crippen LogP contribution in [0.1, 0.15) is 17.0 Å². The molecule has 0 spiro atoms. The maximum Gasteiger partial charge on any atom is 0.586 e. The van der Waals surface area contributed by atoms with Crippen molar-refractivity contribution >= 4 is 23.4 Å². The minimum atomic E-state index is -3.70. The van der Waals surface area contributed by atoms with Crippen molar-refractivity contribution in [1.82, 2.24) is 19.3 Å². The van der Waals surface area contributed by atoms with E-state index in [0.717, 1.165) is 22.6 Å². The van der Waals surface area contributed by atoms with Gasteiger partial charge in [-0.25, -0.2) is 9.67 Å². The van der Waals surface area contributed by atoms with Crippen molar-refractivity contribution < 1.29 is 23.0 Å². The third-order valence-electron chi connectivity index (χ3n) is 5.28. The molecule has 0 saturated heterocycles. The topological polar surface area (TPSA) is 74.4 Å². The number of hydrogen-bond acceptors (Lipinski definition) is 5. The van der Waals surface area contributed by atoms with Crippen LogP contribution in [0.5, 0.6) is 11.5 Å². The lowest BCUT2D eigenvalue weighted by Crippen LogP contribution is -2.26. The number of aromatic nitrogens is 4. The van der Waals surface area contributed by atoms with Gasteiger partial charge in [-0.15, -0.1) is 8.78 Å². The molecule has 0 unspecified atom stereocenters. The molecule has 32 heavy (non-hydrogen) atoms. The Kier molecular flexibility index (Phi) is 4.40. The van der Waals surface area contributed by atoms with Crippen LogP contribution >= 0.6 is 0 Å². The maximum absolute atomic E-state index is 13.3. The van der Waals surface area contributed by atoms with E-state index >= 15 is 0 Å². The number of imidazole rings is 1. The molecule has 0 atom stereocenters. The summed E-state index contributed by atoms with van der Waals surface area (Å²) in [5.74, 6) is 0.191. The van der Waals surface area contributed by atoms with Crippen molar-refractivity contribution in [3.05, 3.63) is 59.4 Å². The first-order valence-electron chi connectivity index (χ1n) is 9.85. The summed E-state index contributed by atoms with van der Waals surface area (Å²) in [4.78, 5) is 17.9. The van der Waals surface area contributed by atoms with Gasteiger partial charge in [0.2, 0.25) is 12.4 Å². The molecule has 0 N–H and O–H groups in total. The SMILES string of the molecule is Cc1cc(C)n(-c2cccc(CN(C=O)c3nc4cc5c(cc4n3C)OC(F)(F)O5)c2)n1. The minimum Gasteiger partial charge on any atom is -0.395 e. The number of amides is 1. The molecular formula is C22H19F2N5O3. The predicted molar refractivity (Wildman–Crippen MR) is 112 cm³/mol. The molecule has 0 saturated carbocycles. The second-order valence-corrected chi connectivity index (χ2v) is 7.67. The Hall–Kier alpha value is -3.95. The van der Waals surface area contributed by atoms with Crippen LogP contribution in [-0.4, -0.2) is 32.0 Å². The zero-order chi connectivity index (χ0) is 22.6. The first kappa shape index (κ1) is 20.0. The van der Waals surface area contributed by atoms with Gasteiger partial charge in [0.15, 0.2) is 11.5 Å². The minimum absolute atomic E-state index is 0.0766. The standard InChI is InChI=1S/C22H19F2N5O3/c1-13-7-14(2)29(26-13)16-6-4-5-15(8-16)11-28(12-30)21-25-17-9-19-20(10-18(17)27(21)3)32-22(23,24)31-19/h4-10,12H,11H2,1-3H3. The van der Waals surface area contributed by atoms with Gasteiger partial charge in [-0.3, -0.25) is 9.69 Å². The smallest absolute Gasteiger partial charge is 0.395 e. The van der Waals surface area contributed by atoms with E-state index < -0.39 is 6.29 Å². The molecule has 1 amide bonds. The molecule has 2 aromatic heterocycles. The zero-order valence-corrected chi connectivity index (χ0v) is 17.5. The highest BCUT2D eigenvalue weighted by molar-refractivity contribution is 5.85. The molecule has 2 aromatic carbocycles. The lowest BCUT2D eigenvalue weighted by atomic mass is 10.2. The van der Waals surface area contributed by atoms with Gasteiger partial charge in [-0.2, -0.15) is 5.10 Å². The van der Waals surface area contributed by atoms with Crippen molar-refractivity contribution in [2.75, 3.05) is 4.90 Å². The fourth-order valence-electron chi connectivity index (χ4n) is 3.91. The van der Waals surface area contributed by atoms with Crippen LogP contribution in [0.3, 0.4) is 0 Å². The number of ether oxygens (including phenoxy) is 2. The number of hydrogen-bond donors (Lipinski definition) is 0. The van der Waals surface area contributed by atoms with E-state index in [0.29, 0.717) is 23.4 Å². The second-order valence-electron chi connectivity index (χ2n) is 7.67. The average Bonchev–Trinajstić information content (AvgIpc) is 3.35. The Morgan fingerprint density at radius 1 is 1.12 bits per heavy atom. The number of alkyl halides is 2. The van der Waals surface area contributed by atoms with E-state index in [1.165, 1.54) is 17.0 Å². The summed E-state index contributed by atoms with van der Waals surface area (Å²) in [6, 6.07) is 12.5. The molecule has 1 aliphatic rings. The molecular weight excluding hydrogens is 420 g/mol. The fraction of sp³-hybridized carbons (Fsp3) is 0.227. The van der Waals surface area contributed by atoms with Gasteiger partial charge in [-0.05, 0) is 37.6 Å². The fourth-order valence-corrected chi connectivity index (χ4v) is 3.91. The highest BCUT2D eigenvalue weighted by Gasteiger charge is 2.44.